The molecule has 0 aliphatic heterocycles. The van der Waals surface area contributed by atoms with E-state index >= 15 is 0 Å². The number of pyridine rings is 1. The van der Waals surface area contributed by atoms with Gasteiger partial charge in [-0.25, -0.2) is 0 Å². The Labute approximate surface area is 88.6 Å². The van der Waals surface area contributed by atoms with Crippen LogP contribution in [0.2, 0.25) is 0 Å². The van der Waals surface area contributed by atoms with Crippen molar-refractivity contribution < 1.29 is 5.11 Å². The molecule has 2 nitrogen and oxygen atoms in total. The van der Waals surface area contributed by atoms with Gasteiger partial charge in [-0.1, -0.05) is 12.1 Å². The van der Waals surface area contributed by atoms with Crippen LogP contribution in [0.5, 0.6) is 0 Å². The minimum absolute atomic E-state index is 0.339. The number of aliphatic hydroxyl groups excluding tert-OH is 1. The Morgan fingerprint density at radius 1 is 1.40 bits per heavy atom. The first kappa shape index (κ1) is 9.70. The van der Waals surface area contributed by atoms with Gasteiger partial charge in [0.05, 0.1) is 11.6 Å². The molecule has 15 heavy (non-hydrogen) atoms. The van der Waals surface area contributed by atoms with E-state index in [1.165, 1.54) is 0 Å². The number of rotatable bonds is 2. The molecular weight excluding hydrogens is 186 g/mol. The second-order valence-corrected chi connectivity index (χ2v) is 3.38. The second-order valence-electron chi connectivity index (χ2n) is 3.38. The summed E-state index contributed by atoms with van der Waals surface area (Å²) >= 11 is 0. The lowest BCUT2D eigenvalue weighted by Gasteiger charge is -2.07. The maximum absolute atomic E-state index is 9.72. The van der Waals surface area contributed by atoms with Crippen LogP contribution in [0.3, 0.4) is 0 Å². The monoisotopic (exact) mass is 197 g/mol. The second kappa shape index (κ2) is 4.12. The van der Waals surface area contributed by atoms with E-state index in [-0.39, 0.29) is 0 Å². The molecule has 0 amide bonds. The fourth-order valence-corrected chi connectivity index (χ4v) is 1.53. The number of fused-ring (bicyclic) bond motifs is 1. The average molecular weight is 197 g/mol. The van der Waals surface area contributed by atoms with Crippen LogP contribution < -0.4 is 0 Å². The van der Waals surface area contributed by atoms with Crippen molar-refractivity contribution in [3.8, 4) is 12.3 Å². The predicted molar refractivity (Wildman–Crippen MR) is 60.2 cm³/mol. The summed E-state index contributed by atoms with van der Waals surface area (Å²) in [7, 11) is 0. The molecule has 1 N–H and O–H groups in total. The summed E-state index contributed by atoms with van der Waals surface area (Å²) in [5, 5.41) is 10.7. The maximum atomic E-state index is 9.72. The van der Waals surface area contributed by atoms with Crippen molar-refractivity contribution in [2.45, 2.75) is 12.5 Å². The van der Waals surface area contributed by atoms with E-state index < -0.39 is 6.10 Å². The quantitative estimate of drug-likeness (QED) is 0.749. The zero-order valence-corrected chi connectivity index (χ0v) is 8.22. The molecule has 1 atom stereocenters. The summed E-state index contributed by atoms with van der Waals surface area (Å²) in [6.07, 6.45) is 6.66. The summed E-state index contributed by atoms with van der Waals surface area (Å²) in [5.74, 6) is 2.45. The fourth-order valence-electron chi connectivity index (χ4n) is 1.53. The van der Waals surface area contributed by atoms with Crippen LogP contribution >= 0.6 is 0 Å². The Morgan fingerprint density at radius 3 is 3.07 bits per heavy atom. The Kier molecular flexibility index (Phi) is 2.66. The maximum Gasteiger partial charge on any atom is 0.0899 e. The van der Waals surface area contributed by atoms with Crippen LogP contribution in [0.15, 0.2) is 36.5 Å². The molecule has 0 aliphatic carbocycles. The van der Waals surface area contributed by atoms with E-state index in [4.69, 9.17) is 6.42 Å². The minimum atomic E-state index is -0.584. The van der Waals surface area contributed by atoms with Crippen molar-refractivity contribution >= 4 is 10.9 Å². The molecule has 1 aromatic carbocycles. The highest BCUT2D eigenvalue weighted by Gasteiger charge is 2.06. The first-order chi connectivity index (χ1) is 7.31. The topological polar surface area (TPSA) is 33.1 Å². The highest BCUT2D eigenvalue weighted by atomic mass is 16.3. The Hall–Kier alpha value is -1.85. The van der Waals surface area contributed by atoms with Gasteiger partial charge in [0.1, 0.15) is 0 Å². The highest BCUT2D eigenvalue weighted by Crippen LogP contribution is 2.20. The summed E-state index contributed by atoms with van der Waals surface area (Å²) in [6.45, 7) is 0. The molecule has 0 fully saturated rings. The highest BCUT2D eigenvalue weighted by molar-refractivity contribution is 5.79. The average Bonchev–Trinajstić information content (AvgIpc) is 2.29. The zero-order chi connectivity index (χ0) is 10.7. The van der Waals surface area contributed by atoms with Crippen LogP contribution in [0.1, 0.15) is 18.1 Å². The zero-order valence-electron chi connectivity index (χ0n) is 8.22. The van der Waals surface area contributed by atoms with Crippen molar-refractivity contribution in [1.82, 2.24) is 4.98 Å². The molecule has 0 saturated heterocycles. The van der Waals surface area contributed by atoms with Gasteiger partial charge in [-0.15, -0.1) is 12.3 Å². The molecule has 74 valence electrons. The van der Waals surface area contributed by atoms with Gasteiger partial charge in [-0.2, -0.15) is 0 Å². The molecule has 2 aromatic rings. The van der Waals surface area contributed by atoms with E-state index in [0.29, 0.717) is 6.42 Å². The van der Waals surface area contributed by atoms with Crippen molar-refractivity contribution in [2.24, 2.45) is 0 Å². The van der Waals surface area contributed by atoms with E-state index in [2.05, 4.69) is 10.9 Å². The van der Waals surface area contributed by atoms with Gasteiger partial charge >= 0.3 is 0 Å². The molecule has 0 radical (unpaired) electrons. The first-order valence-electron chi connectivity index (χ1n) is 4.77. The summed E-state index contributed by atoms with van der Waals surface area (Å²) in [5.41, 5.74) is 1.77. The lowest BCUT2D eigenvalue weighted by Crippen LogP contribution is -1.95. The summed E-state index contributed by atoms with van der Waals surface area (Å²) in [6, 6.07) is 9.51. The molecule has 1 heterocycles. The van der Waals surface area contributed by atoms with Gasteiger partial charge in [0, 0.05) is 18.0 Å². The van der Waals surface area contributed by atoms with Gasteiger partial charge in [-0.05, 0) is 23.8 Å². The lowest BCUT2D eigenvalue weighted by atomic mass is 10.0. The molecule has 2 rings (SSSR count). The van der Waals surface area contributed by atoms with Crippen molar-refractivity contribution in [3.05, 3.63) is 42.1 Å². The lowest BCUT2D eigenvalue weighted by molar-refractivity contribution is 0.184. The number of hydrogen-bond donors (Lipinski definition) is 1. The molecule has 1 unspecified atom stereocenters. The Balaban J connectivity index is 2.43. The van der Waals surface area contributed by atoms with E-state index in [9.17, 15) is 5.11 Å². The standard InChI is InChI=1S/C13H11NO/c1-2-4-13(15)11-6-7-12-10(9-11)5-3-8-14-12/h1,3,5-9,13,15H,4H2. The third-order valence-corrected chi connectivity index (χ3v) is 2.32. The first-order valence-corrected chi connectivity index (χ1v) is 4.77. The van der Waals surface area contributed by atoms with Crippen LogP contribution in [-0.4, -0.2) is 10.1 Å². The van der Waals surface area contributed by atoms with Gasteiger partial charge in [-0.3, -0.25) is 4.98 Å². The van der Waals surface area contributed by atoms with E-state index in [1.807, 2.05) is 30.3 Å². The Bertz CT molecular complexity index is 513. The number of aliphatic hydroxyl groups is 1. The third kappa shape index (κ3) is 1.98. The van der Waals surface area contributed by atoms with Crippen LogP contribution in [0.4, 0.5) is 0 Å². The number of terminal acetylenes is 1. The molecular formula is C13H11NO. The van der Waals surface area contributed by atoms with Crippen molar-refractivity contribution in [3.63, 3.8) is 0 Å². The van der Waals surface area contributed by atoms with Crippen molar-refractivity contribution in [2.75, 3.05) is 0 Å². The fraction of sp³-hybridized carbons (Fsp3) is 0.154. The molecule has 0 spiro atoms. The van der Waals surface area contributed by atoms with E-state index in [0.717, 1.165) is 16.5 Å². The number of aromatic nitrogens is 1. The summed E-state index contributed by atoms with van der Waals surface area (Å²) in [4.78, 5) is 4.21. The molecule has 0 bridgehead atoms. The smallest absolute Gasteiger partial charge is 0.0899 e. The largest absolute Gasteiger partial charge is 0.387 e. The normalized spacial score (nSPS) is 12.3. The van der Waals surface area contributed by atoms with Gasteiger partial charge in [0.15, 0.2) is 0 Å². The molecule has 0 aliphatic rings. The van der Waals surface area contributed by atoms with Crippen LogP contribution in [0, 0.1) is 12.3 Å². The summed E-state index contributed by atoms with van der Waals surface area (Å²) < 4.78 is 0. The van der Waals surface area contributed by atoms with Crippen LogP contribution in [0.25, 0.3) is 10.9 Å². The predicted octanol–water partition coefficient (Wildman–Crippen LogP) is 2.29. The van der Waals surface area contributed by atoms with Crippen LogP contribution in [-0.2, 0) is 0 Å². The van der Waals surface area contributed by atoms with Crippen molar-refractivity contribution in [1.29, 1.82) is 0 Å². The van der Waals surface area contributed by atoms with Gasteiger partial charge < -0.3 is 5.11 Å². The van der Waals surface area contributed by atoms with Gasteiger partial charge in [0.2, 0.25) is 0 Å². The minimum Gasteiger partial charge on any atom is -0.387 e. The SMILES string of the molecule is C#CCC(O)c1ccc2ncccc2c1. The van der Waals surface area contributed by atoms with E-state index in [1.54, 1.807) is 6.20 Å². The number of hydrogen-bond acceptors (Lipinski definition) is 2. The number of nitrogens with zero attached hydrogens (tertiary/aromatic N) is 1. The number of benzene rings is 1. The Morgan fingerprint density at radius 2 is 2.27 bits per heavy atom. The molecule has 2 heteroatoms. The molecule has 1 aromatic heterocycles. The van der Waals surface area contributed by atoms with Gasteiger partial charge in [0.25, 0.3) is 0 Å². The molecule has 0 saturated carbocycles. The third-order valence-electron chi connectivity index (χ3n) is 2.32.